The van der Waals surface area contributed by atoms with Crippen molar-refractivity contribution in [2.24, 2.45) is 0 Å². The van der Waals surface area contributed by atoms with Gasteiger partial charge >= 0.3 is 12.1 Å². The van der Waals surface area contributed by atoms with Gasteiger partial charge < -0.3 is 10.5 Å². The van der Waals surface area contributed by atoms with Gasteiger partial charge in [0.1, 0.15) is 0 Å². The van der Waals surface area contributed by atoms with Crippen molar-refractivity contribution < 1.29 is 22.7 Å². The highest BCUT2D eigenvalue weighted by Crippen LogP contribution is 2.27. The summed E-state index contributed by atoms with van der Waals surface area (Å²) in [6.07, 6.45) is -4.89. The molecule has 6 heteroatoms. The molecule has 0 aliphatic heterocycles. The SMILES string of the molecule is CCCOC(=O)c1cccc(CC(F)(F)F)c1N. The molecule has 0 spiro atoms. The monoisotopic (exact) mass is 261 g/mol. The second kappa shape index (κ2) is 5.75. The molecule has 1 rings (SSSR count). The quantitative estimate of drug-likeness (QED) is 0.669. The van der Waals surface area contributed by atoms with Gasteiger partial charge in [0, 0.05) is 5.69 Å². The Kier molecular flexibility index (Phi) is 4.58. The number of para-hydroxylation sites is 1. The third-order valence-electron chi connectivity index (χ3n) is 2.24. The molecule has 0 amide bonds. The van der Waals surface area contributed by atoms with Gasteiger partial charge in [0.25, 0.3) is 0 Å². The summed E-state index contributed by atoms with van der Waals surface area (Å²) >= 11 is 0. The van der Waals surface area contributed by atoms with E-state index in [2.05, 4.69) is 0 Å². The molecule has 0 aromatic heterocycles. The van der Waals surface area contributed by atoms with Gasteiger partial charge in [-0.2, -0.15) is 13.2 Å². The van der Waals surface area contributed by atoms with Gasteiger partial charge in [0.05, 0.1) is 18.6 Å². The molecular weight excluding hydrogens is 247 g/mol. The van der Waals surface area contributed by atoms with Gasteiger partial charge in [-0.1, -0.05) is 19.1 Å². The van der Waals surface area contributed by atoms with Crippen molar-refractivity contribution >= 4 is 11.7 Å². The Labute approximate surface area is 103 Å². The fraction of sp³-hybridized carbons (Fsp3) is 0.417. The van der Waals surface area contributed by atoms with Crippen molar-refractivity contribution in [1.29, 1.82) is 0 Å². The minimum Gasteiger partial charge on any atom is -0.462 e. The fourth-order valence-corrected chi connectivity index (χ4v) is 1.43. The Morgan fingerprint density at radius 3 is 2.61 bits per heavy atom. The van der Waals surface area contributed by atoms with E-state index in [-0.39, 0.29) is 23.4 Å². The summed E-state index contributed by atoms with van der Waals surface area (Å²) in [6.45, 7) is 2.03. The summed E-state index contributed by atoms with van der Waals surface area (Å²) in [5.41, 5.74) is 5.25. The lowest BCUT2D eigenvalue weighted by Crippen LogP contribution is -2.16. The molecule has 0 bridgehead atoms. The number of hydrogen-bond acceptors (Lipinski definition) is 3. The van der Waals surface area contributed by atoms with Gasteiger partial charge in [-0.05, 0) is 18.1 Å². The number of anilines is 1. The van der Waals surface area contributed by atoms with Crippen molar-refractivity contribution in [3.05, 3.63) is 29.3 Å². The van der Waals surface area contributed by atoms with Crippen LogP contribution < -0.4 is 5.73 Å². The first-order valence-electron chi connectivity index (χ1n) is 5.46. The number of alkyl halides is 3. The summed E-state index contributed by atoms with van der Waals surface area (Å²) in [6, 6.07) is 3.96. The van der Waals surface area contributed by atoms with Crippen LogP contribution in [0.25, 0.3) is 0 Å². The van der Waals surface area contributed by atoms with E-state index in [1.165, 1.54) is 18.2 Å². The lowest BCUT2D eigenvalue weighted by atomic mass is 10.0. The number of benzene rings is 1. The van der Waals surface area contributed by atoms with Crippen LogP contribution in [0, 0.1) is 0 Å². The zero-order valence-corrected chi connectivity index (χ0v) is 9.88. The molecule has 0 aliphatic carbocycles. The van der Waals surface area contributed by atoms with Crippen LogP contribution in [-0.2, 0) is 11.2 Å². The Morgan fingerprint density at radius 1 is 1.39 bits per heavy atom. The highest BCUT2D eigenvalue weighted by Gasteiger charge is 2.29. The predicted octanol–water partition coefficient (Wildman–Crippen LogP) is 2.94. The summed E-state index contributed by atoms with van der Waals surface area (Å²) in [7, 11) is 0. The first-order chi connectivity index (χ1) is 8.35. The summed E-state index contributed by atoms with van der Waals surface area (Å²) in [4.78, 5) is 11.6. The zero-order valence-electron chi connectivity index (χ0n) is 9.88. The van der Waals surface area contributed by atoms with Gasteiger partial charge in [-0.3, -0.25) is 0 Å². The largest absolute Gasteiger partial charge is 0.462 e. The standard InChI is InChI=1S/C12H14F3NO2/c1-2-6-18-11(17)9-5-3-4-8(10(9)16)7-12(13,14)15/h3-5H,2,6-7,16H2,1H3. The van der Waals surface area contributed by atoms with E-state index in [1.54, 1.807) is 0 Å². The van der Waals surface area contributed by atoms with Crippen molar-refractivity contribution in [3.63, 3.8) is 0 Å². The molecule has 0 aliphatic rings. The minimum absolute atomic E-state index is 0.0230. The van der Waals surface area contributed by atoms with E-state index in [0.717, 1.165) is 0 Å². The molecule has 0 atom stereocenters. The first kappa shape index (κ1) is 14.3. The first-order valence-corrected chi connectivity index (χ1v) is 5.46. The topological polar surface area (TPSA) is 52.3 Å². The Hall–Kier alpha value is -1.72. The highest BCUT2D eigenvalue weighted by atomic mass is 19.4. The van der Waals surface area contributed by atoms with Crippen LogP contribution >= 0.6 is 0 Å². The summed E-state index contributed by atoms with van der Waals surface area (Å²) < 4.78 is 41.7. The molecule has 0 fully saturated rings. The molecule has 2 N–H and O–H groups in total. The molecule has 100 valence electrons. The average molecular weight is 261 g/mol. The number of rotatable bonds is 4. The zero-order chi connectivity index (χ0) is 13.8. The van der Waals surface area contributed by atoms with E-state index >= 15 is 0 Å². The Bertz CT molecular complexity index is 430. The van der Waals surface area contributed by atoms with Crippen molar-refractivity contribution in [1.82, 2.24) is 0 Å². The van der Waals surface area contributed by atoms with Crippen molar-refractivity contribution in [3.8, 4) is 0 Å². The smallest absolute Gasteiger partial charge is 0.393 e. The molecule has 3 nitrogen and oxygen atoms in total. The van der Waals surface area contributed by atoms with E-state index in [9.17, 15) is 18.0 Å². The molecule has 18 heavy (non-hydrogen) atoms. The maximum Gasteiger partial charge on any atom is 0.393 e. The van der Waals surface area contributed by atoms with E-state index in [0.29, 0.717) is 6.42 Å². The predicted molar refractivity (Wildman–Crippen MR) is 61.2 cm³/mol. The van der Waals surface area contributed by atoms with Crippen LogP contribution in [0.3, 0.4) is 0 Å². The van der Waals surface area contributed by atoms with Crippen LogP contribution in [0.1, 0.15) is 29.3 Å². The van der Waals surface area contributed by atoms with Gasteiger partial charge in [0.2, 0.25) is 0 Å². The molecule has 0 radical (unpaired) electrons. The second-order valence-electron chi connectivity index (χ2n) is 3.81. The van der Waals surface area contributed by atoms with E-state index < -0.39 is 18.6 Å². The lowest BCUT2D eigenvalue weighted by molar-refractivity contribution is -0.127. The maximum atomic E-state index is 12.3. The van der Waals surface area contributed by atoms with Crippen LogP contribution in [0.4, 0.5) is 18.9 Å². The molecule has 0 saturated carbocycles. The van der Waals surface area contributed by atoms with Crippen molar-refractivity contribution in [2.75, 3.05) is 12.3 Å². The van der Waals surface area contributed by atoms with Gasteiger partial charge in [-0.25, -0.2) is 4.79 Å². The number of carbonyl (C=O) groups excluding carboxylic acids is 1. The highest BCUT2D eigenvalue weighted by molar-refractivity contribution is 5.95. The minimum atomic E-state index is -4.36. The molecule has 1 aromatic carbocycles. The van der Waals surface area contributed by atoms with E-state index in [1.807, 2.05) is 6.92 Å². The maximum absolute atomic E-state index is 12.3. The molecule has 1 aromatic rings. The Balaban J connectivity index is 2.95. The summed E-state index contributed by atoms with van der Waals surface area (Å²) in [5.74, 6) is -0.696. The lowest BCUT2D eigenvalue weighted by Gasteiger charge is -2.12. The summed E-state index contributed by atoms with van der Waals surface area (Å²) in [5, 5.41) is 0. The average Bonchev–Trinajstić information content (AvgIpc) is 2.27. The third kappa shape index (κ3) is 3.94. The normalized spacial score (nSPS) is 11.3. The van der Waals surface area contributed by atoms with Gasteiger partial charge in [-0.15, -0.1) is 0 Å². The van der Waals surface area contributed by atoms with Crippen LogP contribution in [0.15, 0.2) is 18.2 Å². The van der Waals surface area contributed by atoms with Crippen LogP contribution in [0.2, 0.25) is 0 Å². The van der Waals surface area contributed by atoms with E-state index in [4.69, 9.17) is 10.5 Å². The number of esters is 1. The molecule has 0 unspecified atom stereocenters. The number of hydrogen-bond donors (Lipinski definition) is 1. The number of carbonyl (C=O) groups is 1. The van der Waals surface area contributed by atoms with Crippen LogP contribution in [-0.4, -0.2) is 18.8 Å². The number of halogens is 3. The second-order valence-corrected chi connectivity index (χ2v) is 3.81. The number of nitrogen functional groups attached to an aromatic ring is 1. The third-order valence-corrected chi connectivity index (χ3v) is 2.24. The fourth-order valence-electron chi connectivity index (χ4n) is 1.43. The molecule has 0 saturated heterocycles. The molecule has 0 heterocycles. The van der Waals surface area contributed by atoms with Crippen molar-refractivity contribution in [2.45, 2.75) is 25.9 Å². The Morgan fingerprint density at radius 2 is 2.06 bits per heavy atom. The molecular formula is C12H14F3NO2. The van der Waals surface area contributed by atoms with Gasteiger partial charge in [0.15, 0.2) is 0 Å². The van der Waals surface area contributed by atoms with Crippen LogP contribution in [0.5, 0.6) is 0 Å². The number of ether oxygens (including phenoxy) is 1. The number of nitrogens with two attached hydrogens (primary N) is 1.